The molecule has 2 unspecified atom stereocenters. The Labute approximate surface area is 77.1 Å². The smallest absolute Gasteiger partial charge is 0.122 e. The Hall–Kier alpha value is -0.920. The molecule has 1 N–H and O–H groups in total. The molecule has 0 radical (unpaired) electrons. The van der Waals surface area contributed by atoms with Gasteiger partial charge in [-0.15, -0.1) is 0 Å². The Morgan fingerprint density at radius 2 is 2.54 bits per heavy atom. The molecule has 4 heteroatoms. The molecule has 0 saturated carbocycles. The number of aldehydes is 1. The van der Waals surface area contributed by atoms with Crippen molar-refractivity contribution in [2.45, 2.75) is 25.4 Å². The minimum atomic E-state index is -1.28. The molecule has 1 heterocycles. The van der Waals surface area contributed by atoms with Gasteiger partial charge in [0.2, 0.25) is 0 Å². The van der Waals surface area contributed by atoms with Gasteiger partial charge in [0.1, 0.15) is 11.7 Å². The zero-order valence-electron chi connectivity index (χ0n) is 7.62. The summed E-state index contributed by atoms with van der Waals surface area (Å²) in [6.07, 6.45) is 1.10. The molecule has 2 atom stereocenters. The molecule has 72 valence electrons. The van der Waals surface area contributed by atoms with Gasteiger partial charge in [-0.2, -0.15) is 5.26 Å². The molecule has 0 bridgehead atoms. The minimum Gasteiger partial charge on any atom is -0.388 e. The molecule has 4 nitrogen and oxygen atoms in total. The van der Waals surface area contributed by atoms with Crippen molar-refractivity contribution in [1.82, 2.24) is 0 Å². The molecule has 0 aromatic rings. The Balaban J connectivity index is 2.87. The third-order valence-electron chi connectivity index (χ3n) is 2.75. The van der Waals surface area contributed by atoms with E-state index in [9.17, 15) is 9.90 Å². The molecule has 0 aromatic heterocycles. The lowest BCUT2D eigenvalue weighted by molar-refractivity contribution is -0.116. The van der Waals surface area contributed by atoms with E-state index in [0.29, 0.717) is 19.3 Å². The average Bonchev–Trinajstić information content (AvgIpc) is 2.53. The van der Waals surface area contributed by atoms with E-state index in [-0.39, 0.29) is 13.0 Å². The molecule has 0 aliphatic carbocycles. The highest BCUT2D eigenvalue weighted by atomic mass is 16.5. The average molecular weight is 183 g/mol. The maximum Gasteiger partial charge on any atom is 0.122 e. The van der Waals surface area contributed by atoms with Gasteiger partial charge in [0.25, 0.3) is 0 Å². The highest BCUT2D eigenvalue weighted by Crippen LogP contribution is 2.40. The standard InChI is InChI=1S/C9H13NO3/c1-8(12,2-4-11)9(6-10)3-5-13-7-9/h4,12H,2-3,5,7H2,1H3. The van der Waals surface area contributed by atoms with Crippen molar-refractivity contribution in [1.29, 1.82) is 5.26 Å². The molecule has 0 aromatic carbocycles. The van der Waals surface area contributed by atoms with Crippen LogP contribution in [0.1, 0.15) is 19.8 Å². The van der Waals surface area contributed by atoms with Crippen LogP contribution in [0, 0.1) is 16.7 Å². The van der Waals surface area contributed by atoms with Crippen LogP contribution in [-0.4, -0.2) is 30.2 Å². The van der Waals surface area contributed by atoms with Gasteiger partial charge in [-0.05, 0) is 13.3 Å². The van der Waals surface area contributed by atoms with E-state index in [1.165, 1.54) is 6.92 Å². The van der Waals surface area contributed by atoms with Crippen LogP contribution < -0.4 is 0 Å². The Morgan fingerprint density at radius 3 is 2.92 bits per heavy atom. The number of hydrogen-bond donors (Lipinski definition) is 1. The Bertz CT molecular complexity index is 236. The molecular weight excluding hydrogens is 170 g/mol. The lowest BCUT2D eigenvalue weighted by Gasteiger charge is -2.34. The van der Waals surface area contributed by atoms with Gasteiger partial charge in [0.05, 0.1) is 18.3 Å². The number of ether oxygens (including phenoxy) is 1. The number of nitrogens with zero attached hydrogens (tertiary/aromatic N) is 1. The fourth-order valence-corrected chi connectivity index (χ4v) is 1.56. The first-order valence-corrected chi connectivity index (χ1v) is 4.23. The van der Waals surface area contributed by atoms with Crippen LogP contribution in [-0.2, 0) is 9.53 Å². The molecule has 1 saturated heterocycles. The zero-order valence-corrected chi connectivity index (χ0v) is 7.62. The van der Waals surface area contributed by atoms with E-state index < -0.39 is 11.0 Å². The summed E-state index contributed by atoms with van der Waals surface area (Å²) in [6.45, 7) is 2.20. The van der Waals surface area contributed by atoms with E-state index in [1.807, 2.05) is 0 Å². The summed E-state index contributed by atoms with van der Waals surface area (Å²) in [5.41, 5.74) is -2.19. The number of nitriles is 1. The van der Waals surface area contributed by atoms with Crippen molar-refractivity contribution in [2.75, 3.05) is 13.2 Å². The van der Waals surface area contributed by atoms with E-state index in [0.717, 1.165) is 0 Å². The van der Waals surface area contributed by atoms with Crippen LogP contribution >= 0.6 is 0 Å². The zero-order chi connectivity index (χ0) is 9.95. The first kappa shape index (κ1) is 10.2. The summed E-state index contributed by atoms with van der Waals surface area (Å²) in [5.74, 6) is 0. The van der Waals surface area contributed by atoms with Crippen molar-refractivity contribution >= 4 is 6.29 Å². The number of rotatable bonds is 3. The van der Waals surface area contributed by atoms with Gasteiger partial charge in [-0.3, -0.25) is 0 Å². The van der Waals surface area contributed by atoms with E-state index >= 15 is 0 Å². The number of carbonyl (C=O) groups excluding carboxylic acids is 1. The Kier molecular flexibility index (Phi) is 2.69. The third-order valence-corrected chi connectivity index (χ3v) is 2.75. The van der Waals surface area contributed by atoms with Crippen molar-refractivity contribution < 1.29 is 14.6 Å². The summed E-state index contributed by atoms with van der Waals surface area (Å²) in [7, 11) is 0. The van der Waals surface area contributed by atoms with Crippen LogP contribution in [0.4, 0.5) is 0 Å². The van der Waals surface area contributed by atoms with E-state index in [4.69, 9.17) is 10.00 Å². The summed E-state index contributed by atoms with van der Waals surface area (Å²) in [5, 5.41) is 18.9. The van der Waals surface area contributed by atoms with Crippen molar-refractivity contribution in [2.24, 2.45) is 5.41 Å². The highest BCUT2D eigenvalue weighted by molar-refractivity contribution is 5.52. The van der Waals surface area contributed by atoms with E-state index in [1.54, 1.807) is 0 Å². The van der Waals surface area contributed by atoms with Crippen molar-refractivity contribution in [3.63, 3.8) is 0 Å². The van der Waals surface area contributed by atoms with Crippen LogP contribution in [0.2, 0.25) is 0 Å². The fraction of sp³-hybridized carbons (Fsp3) is 0.778. The maximum absolute atomic E-state index is 10.3. The topological polar surface area (TPSA) is 70.3 Å². The Morgan fingerprint density at radius 1 is 1.85 bits per heavy atom. The monoisotopic (exact) mass is 183 g/mol. The normalized spacial score (nSPS) is 32.1. The minimum absolute atomic E-state index is 0.0239. The lowest BCUT2D eigenvalue weighted by atomic mass is 9.72. The third kappa shape index (κ3) is 1.58. The molecule has 1 fully saturated rings. The lowest BCUT2D eigenvalue weighted by Crippen LogP contribution is -2.46. The molecule has 1 rings (SSSR count). The quantitative estimate of drug-likeness (QED) is 0.637. The second-order valence-corrected chi connectivity index (χ2v) is 3.64. The predicted octanol–water partition coefficient (Wildman–Crippen LogP) is 0.257. The van der Waals surface area contributed by atoms with E-state index in [2.05, 4.69) is 6.07 Å². The molecule has 0 amide bonds. The number of carbonyl (C=O) groups is 1. The van der Waals surface area contributed by atoms with Crippen molar-refractivity contribution in [3.05, 3.63) is 0 Å². The first-order chi connectivity index (χ1) is 6.08. The molecule has 13 heavy (non-hydrogen) atoms. The van der Waals surface area contributed by atoms with Gasteiger partial charge in [-0.25, -0.2) is 0 Å². The predicted molar refractivity (Wildman–Crippen MR) is 44.8 cm³/mol. The van der Waals surface area contributed by atoms with Crippen LogP contribution in [0.15, 0.2) is 0 Å². The van der Waals surface area contributed by atoms with Crippen molar-refractivity contribution in [3.8, 4) is 6.07 Å². The second-order valence-electron chi connectivity index (χ2n) is 3.64. The number of hydrogen-bond acceptors (Lipinski definition) is 4. The summed E-state index contributed by atoms with van der Waals surface area (Å²) in [6, 6.07) is 2.07. The van der Waals surface area contributed by atoms with Gasteiger partial charge >= 0.3 is 0 Å². The maximum atomic E-state index is 10.3. The van der Waals surface area contributed by atoms with Gasteiger partial charge in [0, 0.05) is 13.0 Å². The summed E-state index contributed by atoms with van der Waals surface area (Å²) >= 11 is 0. The molecule has 1 aliphatic rings. The number of aliphatic hydroxyl groups is 1. The molecule has 0 spiro atoms. The van der Waals surface area contributed by atoms with Crippen LogP contribution in [0.5, 0.6) is 0 Å². The SMILES string of the molecule is CC(O)(CC=O)C1(C#N)CCOC1. The molecular formula is C9H13NO3. The summed E-state index contributed by atoms with van der Waals surface area (Å²) in [4.78, 5) is 10.3. The highest BCUT2D eigenvalue weighted by Gasteiger charge is 2.50. The summed E-state index contributed by atoms with van der Waals surface area (Å²) < 4.78 is 5.09. The second kappa shape index (κ2) is 3.44. The van der Waals surface area contributed by atoms with Gasteiger partial charge in [-0.1, -0.05) is 0 Å². The van der Waals surface area contributed by atoms with Crippen LogP contribution in [0.3, 0.4) is 0 Å². The van der Waals surface area contributed by atoms with Crippen LogP contribution in [0.25, 0.3) is 0 Å². The molecule has 1 aliphatic heterocycles. The fourth-order valence-electron chi connectivity index (χ4n) is 1.56. The largest absolute Gasteiger partial charge is 0.388 e. The first-order valence-electron chi connectivity index (χ1n) is 4.23. The van der Waals surface area contributed by atoms with Gasteiger partial charge < -0.3 is 14.6 Å². The van der Waals surface area contributed by atoms with Gasteiger partial charge in [0.15, 0.2) is 0 Å².